The van der Waals surface area contributed by atoms with Crippen LogP contribution in [0.1, 0.15) is 158 Å². The molecule has 0 spiro atoms. The van der Waals surface area contributed by atoms with Gasteiger partial charge in [-0.25, -0.2) is 19.2 Å². The van der Waals surface area contributed by atoms with Crippen molar-refractivity contribution in [3.8, 4) is 11.5 Å². The lowest BCUT2D eigenvalue weighted by Gasteiger charge is -2.42. The van der Waals surface area contributed by atoms with Gasteiger partial charge < -0.3 is 87.4 Å². The largest absolute Gasteiger partial charge is 0.495 e. The summed E-state index contributed by atoms with van der Waals surface area (Å²) in [5.74, 6) is -7.05. The van der Waals surface area contributed by atoms with E-state index in [2.05, 4.69) is 10.6 Å². The number of carboxylic acid groups (broad SMARTS) is 2. The minimum absolute atomic E-state index is 0.00418. The topological polar surface area (TPSA) is 496 Å². The van der Waals surface area contributed by atoms with E-state index < -0.39 is 195 Å². The van der Waals surface area contributed by atoms with Crippen molar-refractivity contribution in [2.75, 3.05) is 77.9 Å². The molecule has 6 aliphatic heterocycles. The lowest BCUT2D eigenvalue weighted by atomic mass is 9.83. The van der Waals surface area contributed by atoms with Gasteiger partial charge in [-0.2, -0.15) is 16.8 Å². The second-order valence-electron chi connectivity index (χ2n) is 34.4. The van der Waals surface area contributed by atoms with Crippen LogP contribution >= 0.6 is 66.4 Å². The Balaban J connectivity index is 0.000000351. The fourth-order valence-electron chi connectivity index (χ4n) is 15.2. The third-order valence-corrected chi connectivity index (χ3v) is 33.5. The van der Waals surface area contributed by atoms with E-state index in [1.54, 1.807) is 76.3 Å². The number of likely N-dealkylation sites (N-methyl/N-ethyl adjacent to an activating group) is 2. The first kappa shape index (κ1) is 108. The standard InChI is InChI=1S/2C42H60ClN3O15S3/c2*1-23-12-11-13-31(58-10)42(53)22-29(59-39(52)44-42)24(2)36-41(6,61-36)32(21-34(48)46(8)27-19-26(18-23)20-28(57-9)35(27)43)60-38(51)25(3)45(7)33(47)14-16-40(4,5)63-62-17-15-30(37(49)50)64(54,55)56/h2*11-13,19-20,24-25,29-32,36,53H,14-18,21-22H2,1-10H3,(H,44,52)(H,49,50)(H,54,55,56)/b2*13-11+,23-12+/t24-,25+,29+,30+,31-,32+,36+,41+,42+;24-,25+,29+,30-,31-,32+,36+,41+,42+/m11/s1. The minimum atomic E-state index is -4.77. The molecule has 6 heterocycles. The van der Waals surface area contributed by atoms with E-state index in [0.29, 0.717) is 48.6 Å². The number of esters is 2. The summed E-state index contributed by atoms with van der Waals surface area (Å²) in [5.41, 5.74) is -2.38. The fraction of sp³-hybridized carbons (Fsp3) is 0.643. The second kappa shape index (κ2) is 44.6. The Labute approximate surface area is 772 Å². The number of hydrogen-bond donors (Lipinski definition) is 8. The highest BCUT2D eigenvalue weighted by atomic mass is 35.5. The van der Waals surface area contributed by atoms with Crippen LogP contribution in [0.5, 0.6) is 11.5 Å². The molecular formula is C84H120Cl2N6O30S6. The van der Waals surface area contributed by atoms with Gasteiger partial charge in [0.2, 0.25) is 23.6 Å². The Morgan fingerprint density at radius 2 is 0.938 bits per heavy atom. The molecule has 0 saturated carbocycles. The number of carboxylic acids is 2. The molecule has 8 rings (SSSR count). The van der Waals surface area contributed by atoms with Gasteiger partial charge in [0, 0.05) is 101 Å². The average Bonchev–Trinajstić information content (AvgIpc) is 1.57. The number of aliphatic carboxylic acids is 2. The third-order valence-electron chi connectivity index (χ3n) is 23.7. The van der Waals surface area contributed by atoms with E-state index in [1.165, 1.54) is 133 Å². The molecule has 4 fully saturated rings. The number of amides is 6. The van der Waals surface area contributed by atoms with Crippen molar-refractivity contribution < 1.29 is 142 Å². The highest BCUT2D eigenvalue weighted by molar-refractivity contribution is 8.77. The van der Waals surface area contributed by atoms with Crippen molar-refractivity contribution in [1.29, 1.82) is 0 Å². The first-order valence-electron chi connectivity index (χ1n) is 41.0. The minimum Gasteiger partial charge on any atom is -0.495 e. The number of nitrogens with zero attached hydrogens (tertiary/aromatic N) is 4. The van der Waals surface area contributed by atoms with Gasteiger partial charge in [0.15, 0.2) is 21.9 Å². The Kier molecular flexibility index (Phi) is 37.6. The van der Waals surface area contributed by atoms with Crippen LogP contribution in [-0.2, 0) is 109 Å². The van der Waals surface area contributed by atoms with Crippen LogP contribution in [0.3, 0.4) is 0 Å². The average molecular weight is 1960 g/mol. The number of methoxy groups -OCH3 is 4. The predicted octanol–water partition coefficient (Wildman–Crippen LogP) is 10.4. The third kappa shape index (κ3) is 28.0. The monoisotopic (exact) mass is 1950 g/mol. The molecular weight excluding hydrogens is 1840 g/mol. The summed E-state index contributed by atoms with van der Waals surface area (Å²) < 4.78 is 122. The molecule has 128 heavy (non-hydrogen) atoms. The van der Waals surface area contributed by atoms with E-state index in [9.17, 15) is 84.1 Å². The van der Waals surface area contributed by atoms with Gasteiger partial charge >= 0.3 is 36.1 Å². The van der Waals surface area contributed by atoms with E-state index in [0.717, 1.165) is 22.3 Å². The summed E-state index contributed by atoms with van der Waals surface area (Å²) in [5, 5.41) is 43.3. The molecule has 2 aromatic rings. The number of epoxide rings is 2. The number of allylic oxidation sites excluding steroid dienone is 6. The molecule has 2 aromatic carbocycles. The van der Waals surface area contributed by atoms with E-state index in [4.69, 9.17) is 80.8 Å². The quantitative estimate of drug-likeness (QED) is 0.00899. The molecule has 18 atom stereocenters. The maximum absolute atomic E-state index is 14.3. The number of ether oxygens (including phenoxy) is 10. The van der Waals surface area contributed by atoms with Gasteiger partial charge in [-0.15, -0.1) is 0 Å². The molecule has 4 saturated heterocycles. The van der Waals surface area contributed by atoms with Gasteiger partial charge in [0.05, 0.1) is 50.6 Å². The van der Waals surface area contributed by atoms with Crippen LogP contribution in [0.2, 0.25) is 10.0 Å². The van der Waals surface area contributed by atoms with E-state index in [1.807, 2.05) is 53.7 Å². The SMILES string of the molecule is COc1cc2cc(c1Cl)N(C)C(=O)C[C@H](OC(=O)[C@H](C)N(C)C(=O)CCC(C)(C)SSCC[C@@H](C(=O)O)S(=O)(=O)O)[C@]1(C)O[C@H]1[C@H](C)[C@@H]1C[C@@](O)(NC(=O)O1)[C@H](OC)/C=C/C=C(\C)C2.COc1cc2cc(c1Cl)N(C)C(=O)C[C@H](OC(=O)[C@H](C)N(C)C(=O)CCC(C)(C)SSCC[C@H](C(=O)O)S(=O)(=O)O)[C@]1(C)O[C@H]1[C@H](C)[C@@H]1C[C@@](O)(NC(=O)O1)[C@H](OC)/C=C/C=C(\C)C2. The van der Waals surface area contributed by atoms with Crippen molar-refractivity contribution in [3.63, 3.8) is 0 Å². The van der Waals surface area contributed by atoms with Gasteiger partial charge in [0.1, 0.15) is 81.5 Å². The molecule has 6 aliphatic rings. The predicted molar refractivity (Wildman–Crippen MR) is 484 cm³/mol. The number of halogens is 2. The summed E-state index contributed by atoms with van der Waals surface area (Å²) in [6.45, 7) is 21.0. The van der Waals surface area contributed by atoms with Crippen molar-refractivity contribution in [3.05, 3.63) is 93.0 Å². The van der Waals surface area contributed by atoms with Crippen LogP contribution in [0.25, 0.3) is 0 Å². The van der Waals surface area contributed by atoms with E-state index in [-0.39, 0.29) is 72.9 Å². The number of rotatable bonds is 30. The molecule has 8 N–H and O–H groups in total. The summed E-state index contributed by atoms with van der Waals surface area (Å²) >= 11 is 13.6. The molecule has 0 radical (unpaired) electrons. The molecule has 36 nitrogen and oxygen atoms in total. The molecule has 0 aromatic heterocycles. The Morgan fingerprint density at radius 1 is 0.602 bits per heavy atom. The van der Waals surface area contributed by atoms with Crippen molar-refractivity contribution in [2.45, 2.75) is 264 Å². The highest BCUT2D eigenvalue weighted by Crippen LogP contribution is 2.52. The summed E-state index contributed by atoms with van der Waals surface area (Å²) in [4.78, 5) is 137. The Bertz CT molecular complexity index is 4500. The lowest BCUT2D eigenvalue weighted by Crippen LogP contribution is -2.63. The van der Waals surface area contributed by atoms with Gasteiger partial charge in [-0.3, -0.25) is 48.5 Å². The van der Waals surface area contributed by atoms with Gasteiger partial charge in [-0.05, 0) is 143 Å². The molecule has 0 unspecified atom stereocenters. The summed E-state index contributed by atoms with van der Waals surface area (Å²) in [7, 11) is 7.23. The maximum Gasteiger partial charge on any atom is 0.409 e. The number of benzene rings is 2. The lowest BCUT2D eigenvalue weighted by molar-refractivity contribution is -0.162. The zero-order valence-electron chi connectivity index (χ0n) is 75.2. The molecule has 44 heteroatoms. The molecule has 6 amide bonds. The smallest absolute Gasteiger partial charge is 0.409 e. The van der Waals surface area contributed by atoms with Crippen LogP contribution in [0.15, 0.2) is 71.9 Å². The number of hydrogen-bond acceptors (Lipinski definition) is 30. The number of carbonyl (C=O) groups is 10. The number of anilines is 2. The Morgan fingerprint density at radius 3 is 1.24 bits per heavy atom. The number of carbonyl (C=O) groups excluding carboxylic acids is 8. The molecule has 8 bridgehead atoms. The second-order valence-corrected chi connectivity index (χ2v) is 44.6. The number of nitrogens with one attached hydrogen (secondary N) is 2. The normalized spacial score (nSPS) is 28.9. The molecule has 0 aliphatic carbocycles. The fourth-order valence-corrected chi connectivity index (χ4v) is 22.8. The van der Waals surface area contributed by atoms with Crippen LogP contribution in [0, 0.1) is 11.8 Å². The number of fused-ring (bicyclic) bond motifs is 10. The van der Waals surface area contributed by atoms with Crippen molar-refractivity contribution in [1.82, 2.24) is 20.4 Å². The zero-order chi connectivity index (χ0) is 96.2. The molecule has 716 valence electrons. The van der Waals surface area contributed by atoms with Gasteiger partial charge in [0.25, 0.3) is 20.2 Å². The maximum atomic E-state index is 14.3. The van der Waals surface area contributed by atoms with E-state index >= 15 is 0 Å². The first-order chi connectivity index (χ1) is 59.3. The summed E-state index contributed by atoms with van der Waals surface area (Å²) in [6, 6.07) is 4.79. The van der Waals surface area contributed by atoms with Crippen molar-refractivity contribution >= 4 is 158 Å². The Hall–Kier alpha value is -7.14. The summed E-state index contributed by atoms with van der Waals surface area (Å²) in [6.07, 6.45) is 0.749. The van der Waals surface area contributed by atoms with Crippen LogP contribution in [-0.4, -0.2) is 288 Å². The number of alkyl carbamates (subject to hydrolysis) is 2. The highest BCUT2D eigenvalue weighted by Gasteiger charge is 2.66. The number of aliphatic hydroxyl groups is 2. The van der Waals surface area contributed by atoms with Crippen LogP contribution < -0.4 is 29.9 Å². The van der Waals surface area contributed by atoms with Crippen molar-refractivity contribution in [2.24, 2.45) is 11.8 Å². The zero-order valence-corrected chi connectivity index (χ0v) is 81.6. The first-order valence-corrected chi connectivity index (χ1v) is 49.4. The van der Waals surface area contributed by atoms with Gasteiger partial charge in [-0.1, -0.05) is 128 Å². The van der Waals surface area contributed by atoms with Crippen LogP contribution in [0.4, 0.5) is 21.0 Å².